The van der Waals surface area contributed by atoms with Crippen LogP contribution >= 0.6 is 0 Å². The maximum Gasteiger partial charge on any atom is 0.405 e. The third kappa shape index (κ3) is 2.73. The summed E-state index contributed by atoms with van der Waals surface area (Å²) in [5, 5.41) is 11.3. The van der Waals surface area contributed by atoms with Gasteiger partial charge in [0.15, 0.2) is 6.29 Å². The molecule has 0 aliphatic heterocycles. The van der Waals surface area contributed by atoms with E-state index in [0.29, 0.717) is 18.3 Å². The molecule has 4 nitrogen and oxygen atoms in total. The van der Waals surface area contributed by atoms with Crippen LogP contribution in [0.1, 0.15) is 11.1 Å². The maximum absolute atomic E-state index is 13.0. The zero-order chi connectivity index (χ0) is 16.4. The number of allylic oxidation sites excluding steroid dienone is 1. The lowest BCUT2D eigenvalue weighted by molar-refractivity contribution is -0.112. The second-order valence-corrected chi connectivity index (χ2v) is 5.40. The van der Waals surface area contributed by atoms with Gasteiger partial charge >= 0.3 is 6.09 Å². The molecule has 0 saturated heterocycles. The molecule has 1 amide bonds. The highest BCUT2D eigenvalue weighted by Gasteiger charge is 2.35. The molecule has 0 bridgehead atoms. The third-order valence-electron chi connectivity index (χ3n) is 3.95. The summed E-state index contributed by atoms with van der Waals surface area (Å²) in [6, 6.07) is 11.6. The van der Waals surface area contributed by atoms with Crippen LogP contribution < -0.4 is 5.32 Å². The molecule has 0 heterocycles. The van der Waals surface area contributed by atoms with Crippen LogP contribution in [0.4, 0.5) is 9.18 Å². The lowest BCUT2D eigenvalue weighted by atomic mass is 9.81. The van der Waals surface area contributed by atoms with Gasteiger partial charge in [0.25, 0.3) is 0 Å². The van der Waals surface area contributed by atoms with Crippen LogP contribution in [0, 0.1) is 5.82 Å². The highest BCUT2D eigenvalue weighted by atomic mass is 19.1. The summed E-state index contributed by atoms with van der Waals surface area (Å²) in [5.41, 5.74) is 1.85. The highest BCUT2D eigenvalue weighted by molar-refractivity contribution is 5.81. The van der Waals surface area contributed by atoms with Crippen LogP contribution in [0.15, 0.2) is 54.6 Å². The highest BCUT2D eigenvalue weighted by Crippen LogP contribution is 2.32. The van der Waals surface area contributed by atoms with E-state index in [1.165, 1.54) is 12.1 Å². The summed E-state index contributed by atoms with van der Waals surface area (Å²) in [7, 11) is 0. The molecule has 2 aromatic carbocycles. The smallest absolute Gasteiger partial charge is 0.405 e. The summed E-state index contributed by atoms with van der Waals surface area (Å²) < 4.78 is 13.0. The zero-order valence-electron chi connectivity index (χ0n) is 12.1. The van der Waals surface area contributed by atoms with Gasteiger partial charge in [-0.2, -0.15) is 0 Å². The van der Waals surface area contributed by atoms with Crippen molar-refractivity contribution in [3.05, 3.63) is 71.6 Å². The lowest BCUT2D eigenvalue weighted by Gasteiger charge is -2.30. The summed E-state index contributed by atoms with van der Waals surface area (Å²) in [5.74, 6) is -0.305. The molecule has 5 heteroatoms. The van der Waals surface area contributed by atoms with Gasteiger partial charge in [-0.1, -0.05) is 42.5 Å². The van der Waals surface area contributed by atoms with Crippen LogP contribution in [0.5, 0.6) is 0 Å². The van der Waals surface area contributed by atoms with Crippen molar-refractivity contribution >= 4 is 12.4 Å². The van der Waals surface area contributed by atoms with E-state index in [-0.39, 0.29) is 5.82 Å². The number of hydrogen-bond donors (Lipinski definition) is 2. The molecule has 0 saturated carbocycles. The molecule has 3 rings (SSSR count). The quantitative estimate of drug-likeness (QED) is 0.675. The second-order valence-electron chi connectivity index (χ2n) is 5.40. The molecule has 23 heavy (non-hydrogen) atoms. The van der Waals surface area contributed by atoms with Crippen LogP contribution in [0.3, 0.4) is 0 Å². The van der Waals surface area contributed by atoms with E-state index < -0.39 is 11.6 Å². The van der Waals surface area contributed by atoms with Gasteiger partial charge < -0.3 is 10.4 Å². The number of carbonyl (C=O) groups is 2. The predicted octanol–water partition coefficient (Wildman–Crippen LogP) is 3.27. The summed E-state index contributed by atoms with van der Waals surface area (Å²) >= 11 is 0. The first-order valence-electron chi connectivity index (χ1n) is 7.08. The standard InChI is InChI=1S/C18H14FNO3/c19-15-6-3-12(4-7-15)13-5-8-16-14(10-13)2-1-9-18(16,11-21)20-17(22)23/h1,3-11,20H,2H2,(H,22,23)/t18-/m1/s1. The van der Waals surface area contributed by atoms with Crippen molar-refractivity contribution in [3.63, 3.8) is 0 Å². The van der Waals surface area contributed by atoms with E-state index in [9.17, 15) is 14.0 Å². The Bertz CT molecular complexity index is 798. The third-order valence-corrected chi connectivity index (χ3v) is 3.95. The molecule has 0 aromatic heterocycles. The Morgan fingerprint density at radius 1 is 1.17 bits per heavy atom. The van der Waals surface area contributed by atoms with Gasteiger partial charge in [-0.05, 0) is 40.8 Å². The van der Waals surface area contributed by atoms with Crippen LogP contribution in [-0.4, -0.2) is 17.5 Å². The summed E-state index contributed by atoms with van der Waals surface area (Å²) in [6.45, 7) is 0. The van der Waals surface area contributed by atoms with Crippen molar-refractivity contribution < 1.29 is 19.1 Å². The molecule has 1 atom stereocenters. The Morgan fingerprint density at radius 2 is 1.87 bits per heavy atom. The Morgan fingerprint density at radius 3 is 2.52 bits per heavy atom. The largest absolute Gasteiger partial charge is 0.465 e. The number of carboxylic acid groups (broad SMARTS) is 1. The van der Waals surface area contributed by atoms with Crippen LogP contribution in [-0.2, 0) is 16.8 Å². The maximum atomic E-state index is 13.0. The van der Waals surface area contributed by atoms with Crippen LogP contribution in [0.2, 0.25) is 0 Å². The van der Waals surface area contributed by atoms with E-state index >= 15 is 0 Å². The fraction of sp³-hybridized carbons (Fsp3) is 0.111. The first kappa shape index (κ1) is 15.0. The Kier molecular flexibility index (Phi) is 3.70. The first-order chi connectivity index (χ1) is 11.0. The van der Waals surface area contributed by atoms with Gasteiger partial charge in [-0.3, -0.25) is 4.79 Å². The molecule has 116 valence electrons. The van der Waals surface area contributed by atoms with Gasteiger partial charge in [0.2, 0.25) is 0 Å². The molecule has 0 radical (unpaired) electrons. The number of hydrogen-bond acceptors (Lipinski definition) is 2. The Balaban J connectivity index is 2.06. The van der Waals surface area contributed by atoms with Crippen molar-refractivity contribution in [1.82, 2.24) is 5.32 Å². The Hall–Kier alpha value is -2.95. The molecule has 0 unspecified atom stereocenters. The molecular weight excluding hydrogens is 297 g/mol. The SMILES string of the molecule is O=C[C@]1(NC(=O)O)C=CCc2cc(-c3ccc(F)cc3)ccc21. The lowest BCUT2D eigenvalue weighted by Crippen LogP contribution is -2.46. The van der Waals surface area contributed by atoms with Gasteiger partial charge in [-0.25, -0.2) is 9.18 Å². The van der Waals surface area contributed by atoms with E-state index in [0.717, 1.165) is 16.7 Å². The zero-order valence-corrected chi connectivity index (χ0v) is 12.1. The van der Waals surface area contributed by atoms with Crippen molar-refractivity contribution in [2.75, 3.05) is 0 Å². The molecule has 1 aliphatic rings. The minimum atomic E-state index is -1.36. The first-order valence-corrected chi connectivity index (χ1v) is 7.08. The average molecular weight is 311 g/mol. The van der Waals surface area contributed by atoms with Gasteiger partial charge in [0.1, 0.15) is 11.4 Å². The topological polar surface area (TPSA) is 66.4 Å². The monoisotopic (exact) mass is 311 g/mol. The van der Waals surface area contributed by atoms with E-state index in [1.54, 1.807) is 36.4 Å². The van der Waals surface area contributed by atoms with Crippen molar-refractivity contribution in [2.45, 2.75) is 12.0 Å². The fourth-order valence-corrected chi connectivity index (χ4v) is 2.87. The average Bonchev–Trinajstić information content (AvgIpc) is 2.54. The number of aldehydes is 1. The number of carbonyl (C=O) groups excluding carboxylic acids is 1. The fourth-order valence-electron chi connectivity index (χ4n) is 2.87. The Labute approximate surface area is 132 Å². The van der Waals surface area contributed by atoms with E-state index in [1.807, 2.05) is 6.07 Å². The van der Waals surface area contributed by atoms with Crippen molar-refractivity contribution in [3.8, 4) is 11.1 Å². The van der Waals surface area contributed by atoms with Crippen molar-refractivity contribution in [2.24, 2.45) is 0 Å². The van der Waals surface area contributed by atoms with Gasteiger partial charge in [-0.15, -0.1) is 0 Å². The van der Waals surface area contributed by atoms with E-state index in [2.05, 4.69) is 5.32 Å². The number of rotatable bonds is 3. The molecule has 0 spiro atoms. The normalized spacial score (nSPS) is 19.0. The summed E-state index contributed by atoms with van der Waals surface area (Å²) in [4.78, 5) is 22.6. The number of benzene rings is 2. The molecule has 2 N–H and O–H groups in total. The van der Waals surface area contributed by atoms with E-state index in [4.69, 9.17) is 5.11 Å². The minimum absolute atomic E-state index is 0.305. The van der Waals surface area contributed by atoms with Gasteiger partial charge in [0.05, 0.1) is 0 Å². The minimum Gasteiger partial charge on any atom is -0.465 e. The molecule has 0 fully saturated rings. The van der Waals surface area contributed by atoms with Crippen LogP contribution in [0.25, 0.3) is 11.1 Å². The molecular formula is C18H14FNO3. The van der Waals surface area contributed by atoms with Gasteiger partial charge in [0, 0.05) is 0 Å². The summed E-state index contributed by atoms with van der Waals surface area (Å²) in [6.07, 6.45) is 3.25. The molecule has 2 aromatic rings. The second kappa shape index (κ2) is 5.68. The number of fused-ring (bicyclic) bond motifs is 1. The number of halogens is 1. The number of amides is 1. The van der Waals surface area contributed by atoms with Crippen molar-refractivity contribution in [1.29, 1.82) is 0 Å². The number of nitrogens with one attached hydrogen (secondary N) is 1. The molecule has 1 aliphatic carbocycles. The predicted molar refractivity (Wildman–Crippen MR) is 83.6 cm³/mol.